The van der Waals surface area contributed by atoms with Crippen molar-refractivity contribution in [2.24, 2.45) is 0 Å². The standard InChI is InChI=1S/C56H84B.C4H12N/c1-49(2,3)37-25-38(50(4,5)6)30-45(29-37)57(46-31-39(51(7,8)9)26-40(32-46)52(10,11)12,47-33-41(53(13,14)15)27-42(34-47)54(16,17)18)48-35-43(55(19,20)21)28-44(36-48)56(22,23)24;1-5(2,3)4/h25-36H,1-24H3;1-4H3/q-1;+1. The van der Waals surface area contributed by atoms with E-state index in [1.165, 1.54) is 66.4 Å². The summed E-state index contributed by atoms with van der Waals surface area (Å²) in [6.07, 6.45) is -1.80. The van der Waals surface area contributed by atoms with Gasteiger partial charge >= 0.3 is 0 Å². The first-order valence-corrected chi connectivity index (χ1v) is 23.9. The predicted molar refractivity (Wildman–Crippen MR) is 284 cm³/mol. The van der Waals surface area contributed by atoms with Crippen LogP contribution in [0.1, 0.15) is 211 Å². The Hall–Kier alpha value is -3.10. The van der Waals surface area contributed by atoms with E-state index in [1.54, 1.807) is 0 Å². The highest BCUT2D eigenvalue weighted by Crippen LogP contribution is 2.36. The molecule has 0 radical (unpaired) electrons. The molecule has 0 aliphatic carbocycles. The van der Waals surface area contributed by atoms with Gasteiger partial charge in [-0.2, -0.15) is 21.9 Å². The van der Waals surface area contributed by atoms with Crippen LogP contribution in [-0.4, -0.2) is 38.8 Å². The van der Waals surface area contributed by atoms with E-state index < -0.39 is 6.15 Å². The second-order valence-electron chi connectivity index (χ2n) is 28.9. The smallest absolute Gasteiger partial charge is 0.108 e. The number of benzene rings is 4. The molecule has 4 aromatic carbocycles. The summed E-state index contributed by atoms with van der Waals surface area (Å²) in [4.78, 5) is 0. The van der Waals surface area contributed by atoms with Crippen LogP contribution in [0.15, 0.2) is 72.8 Å². The zero-order valence-corrected chi connectivity index (χ0v) is 46.0. The second kappa shape index (κ2) is 17.0. The van der Waals surface area contributed by atoms with Gasteiger partial charge in [0.15, 0.2) is 0 Å². The van der Waals surface area contributed by atoms with Gasteiger partial charge in [-0.05, 0) is 87.8 Å². The Morgan fingerprint density at radius 3 is 0.403 bits per heavy atom. The lowest BCUT2D eigenvalue weighted by Crippen LogP contribution is -2.75. The highest BCUT2D eigenvalue weighted by atomic mass is 15.2. The summed E-state index contributed by atoms with van der Waals surface area (Å²) < 4.78 is 1.00. The van der Waals surface area contributed by atoms with Crippen LogP contribution in [0.5, 0.6) is 0 Å². The third-order valence-corrected chi connectivity index (χ3v) is 12.7. The molecule has 2 heteroatoms. The molecule has 0 heterocycles. The Morgan fingerprint density at radius 1 is 0.226 bits per heavy atom. The van der Waals surface area contributed by atoms with Crippen molar-refractivity contribution in [1.82, 2.24) is 0 Å². The summed E-state index contributed by atoms with van der Waals surface area (Å²) in [6, 6.07) is 31.0. The van der Waals surface area contributed by atoms with Crippen LogP contribution >= 0.6 is 0 Å². The van der Waals surface area contributed by atoms with Crippen molar-refractivity contribution in [1.29, 1.82) is 0 Å². The van der Waals surface area contributed by atoms with Crippen LogP contribution in [0.4, 0.5) is 0 Å². The van der Waals surface area contributed by atoms with Crippen molar-refractivity contribution in [3.05, 3.63) is 117 Å². The van der Waals surface area contributed by atoms with E-state index in [4.69, 9.17) is 0 Å². The van der Waals surface area contributed by atoms with Gasteiger partial charge in [-0.15, -0.1) is 0 Å². The first-order chi connectivity index (χ1) is 27.3. The van der Waals surface area contributed by atoms with E-state index in [-0.39, 0.29) is 43.3 Å². The van der Waals surface area contributed by atoms with E-state index in [0.717, 1.165) is 4.48 Å². The molecule has 0 atom stereocenters. The van der Waals surface area contributed by atoms with Crippen LogP contribution < -0.4 is 21.9 Å². The maximum Gasteiger partial charge on any atom is 0.108 e. The second-order valence-corrected chi connectivity index (χ2v) is 28.9. The summed E-state index contributed by atoms with van der Waals surface area (Å²) in [5, 5.41) is 0. The number of quaternary nitrogens is 1. The van der Waals surface area contributed by atoms with Gasteiger partial charge in [0, 0.05) is 0 Å². The molecule has 0 fully saturated rings. The van der Waals surface area contributed by atoms with Crippen LogP contribution in [0, 0.1) is 0 Å². The van der Waals surface area contributed by atoms with Crippen LogP contribution in [-0.2, 0) is 43.3 Å². The SMILES string of the molecule is CC(C)(C)c1cc([B-](c2cc(C(C)(C)C)cc(C(C)(C)C)c2)(c2cc(C(C)(C)C)cc(C(C)(C)C)c2)c2cc(C(C)(C)C)cc(C(C)(C)C)c2)cc(C(C)(C)C)c1.C[N+](C)(C)C. The fourth-order valence-corrected chi connectivity index (χ4v) is 8.23. The molecule has 4 aromatic rings. The van der Waals surface area contributed by atoms with E-state index in [2.05, 4.69) is 267 Å². The molecule has 0 amide bonds. The minimum absolute atomic E-state index is 0.0463. The third-order valence-electron chi connectivity index (χ3n) is 12.7. The zero-order chi connectivity index (χ0) is 48.4. The largest absolute Gasteiger partial charge is 0.333 e. The third kappa shape index (κ3) is 13.0. The van der Waals surface area contributed by atoms with Crippen molar-refractivity contribution in [3.8, 4) is 0 Å². The van der Waals surface area contributed by atoms with Crippen molar-refractivity contribution in [2.45, 2.75) is 209 Å². The van der Waals surface area contributed by atoms with Crippen molar-refractivity contribution >= 4 is 28.0 Å². The van der Waals surface area contributed by atoms with E-state index in [0.29, 0.717) is 0 Å². The Labute approximate surface area is 385 Å². The van der Waals surface area contributed by atoms with Crippen molar-refractivity contribution in [3.63, 3.8) is 0 Å². The molecule has 1 nitrogen and oxygen atoms in total. The molecule has 0 unspecified atom stereocenters. The van der Waals surface area contributed by atoms with Crippen molar-refractivity contribution in [2.75, 3.05) is 28.2 Å². The highest BCUT2D eigenvalue weighted by Gasteiger charge is 2.38. The number of hydrogen-bond donors (Lipinski definition) is 0. The summed E-state index contributed by atoms with van der Waals surface area (Å²) in [6.45, 7) is 57.4. The van der Waals surface area contributed by atoms with Gasteiger partial charge in [0.05, 0.1) is 28.2 Å². The molecule has 62 heavy (non-hydrogen) atoms. The van der Waals surface area contributed by atoms with Gasteiger partial charge < -0.3 is 4.48 Å². The Kier molecular flexibility index (Phi) is 14.6. The number of rotatable bonds is 4. The van der Waals surface area contributed by atoms with Crippen molar-refractivity contribution < 1.29 is 4.48 Å². The summed E-state index contributed by atoms with van der Waals surface area (Å²) in [5.41, 5.74) is 16.4. The fourth-order valence-electron chi connectivity index (χ4n) is 8.23. The zero-order valence-electron chi connectivity index (χ0n) is 46.0. The Morgan fingerprint density at radius 2 is 0.323 bits per heavy atom. The molecule has 0 bridgehead atoms. The molecule has 0 N–H and O–H groups in total. The van der Waals surface area contributed by atoms with Gasteiger partial charge in [-0.1, -0.05) is 239 Å². The Bertz CT molecular complexity index is 1740. The average molecular weight is 842 g/mol. The van der Waals surface area contributed by atoms with Gasteiger partial charge in [-0.3, -0.25) is 0 Å². The molecule has 0 spiro atoms. The predicted octanol–water partition coefficient (Wildman–Crippen LogP) is 13.8. The number of hydrogen-bond acceptors (Lipinski definition) is 0. The van der Waals surface area contributed by atoms with Crippen LogP contribution in [0.3, 0.4) is 0 Å². The molecule has 4 rings (SSSR count). The molecule has 0 aromatic heterocycles. The minimum atomic E-state index is -1.80. The lowest BCUT2D eigenvalue weighted by atomic mass is 9.12. The molecule has 0 aliphatic rings. The lowest BCUT2D eigenvalue weighted by Gasteiger charge is -2.48. The topological polar surface area (TPSA) is 0 Å². The molecular weight excluding hydrogens is 745 g/mol. The maximum absolute atomic E-state index is 2.62. The average Bonchev–Trinajstić information content (AvgIpc) is 3.04. The van der Waals surface area contributed by atoms with Gasteiger partial charge in [0.25, 0.3) is 0 Å². The fraction of sp³-hybridized carbons (Fsp3) is 0.600. The highest BCUT2D eigenvalue weighted by molar-refractivity contribution is 7.20. The monoisotopic (exact) mass is 842 g/mol. The lowest BCUT2D eigenvalue weighted by molar-refractivity contribution is -0.849. The summed E-state index contributed by atoms with van der Waals surface area (Å²) in [5.74, 6) is 0. The van der Waals surface area contributed by atoms with E-state index in [9.17, 15) is 0 Å². The quantitative estimate of drug-likeness (QED) is 0.142. The van der Waals surface area contributed by atoms with Gasteiger partial charge in [0.1, 0.15) is 6.15 Å². The maximum atomic E-state index is 2.62. The molecule has 0 saturated carbocycles. The van der Waals surface area contributed by atoms with Crippen LogP contribution in [0.2, 0.25) is 0 Å². The van der Waals surface area contributed by atoms with E-state index in [1.807, 2.05) is 0 Å². The molecule has 0 aliphatic heterocycles. The minimum Gasteiger partial charge on any atom is -0.333 e. The molecule has 0 saturated heterocycles. The van der Waals surface area contributed by atoms with Gasteiger partial charge in [0.2, 0.25) is 0 Å². The Balaban J connectivity index is 0.00000193. The van der Waals surface area contributed by atoms with E-state index >= 15 is 0 Å². The summed E-state index contributed by atoms with van der Waals surface area (Å²) >= 11 is 0. The van der Waals surface area contributed by atoms with Crippen LogP contribution in [0.25, 0.3) is 0 Å². The molecule has 344 valence electrons. The number of nitrogens with zero attached hydrogens (tertiary/aromatic N) is 1. The normalized spacial score (nSPS) is 14.1. The first-order valence-electron chi connectivity index (χ1n) is 23.9. The van der Waals surface area contributed by atoms with Gasteiger partial charge in [-0.25, -0.2) is 0 Å². The molecular formula is C60H96BN. The summed E-state index contributed by atoms with van der Waals surface area (Å²) in [7, 11) is 8.50. The first kappa shape index (κ1) is 53.2.